The zero-order chi connectivity index (χ0) is 74.1. The number of carbonyl (C=O) groups is 2. The van der Waals surface area contributed by atoms with E-state index in [4.69, 9.17) is 68.9 Å². The summed E-state index contributed by atoms with van der Waals surface area (Å²) in [7, 11) is -7.58. The third-order valence-electron chi connectivity index (χ3n) is 16.5. The molecule has 8 rings (SSSR count). The fourth-order valence-corrected chi connectivity index (χ4v) is 12.7. The largest absolute Gasteiger partial charge is 0.744 e. The second-order valence-corrected chi connectivity index (χ2v) is 27.0. The van der Waals surface area contributed by atoms with Crippen molar-refractivity contribution in [3.05, 3.63) is 137 Å². The fourth-order valence-electron chi connectivity index (χ4n) is 11.4. The van der Waals surface area contributed by atoms with Crippen molar-refractivity contribution in [1.29, 1.82) is 0 Å². The van der Waals surface area contributed by atoms with Crippen molar-refractivity contribution in [2.75, 3.05) is 149 Å². The highest BCUT2D eigenvalue weighted by Crippen LogP contribution is 2.51. The van der Waals surface area contributed by atoms with Crippen LogP contribution in [-0.2, 0) is 85.2 Å². The number of alkyl halides is 3. The van der Waals surface area contributed by atoms with Crippen LogP contribution in [0, 0.1) is 5.82 Å². The van der Waals surface area contributed by atoms with Crippen molar-refractivity contribution in [2.24, 2.45) is 0 Å². The molecule has 2 aromatic heterocycles. The van der Waals surface area contributed by atoms with Crippen LogP contribution >= 0.6 is 11.6 Å². The van der Waals surface area contributed by atoms with Gasteiger partial charge in [0.05, 0.1) is 146 Å². The molecule has 27 nitrogen and oxygen atoms in total. The molecule has 560 valence electrons. The van der Waals surface area contributed by atoms with Crippen molar-refractivity contribution >= 4 is 66.7 Å². The Labute approximate surface area is 595 Å². The number of rotatable bonds is 42. The fraction of sp³-hybridized carbons (Fsp3) is 0.500. The van der Waals surface area contributed by atoms with Gasteiger partial charge in [0.25, 0.3) is 10.1 Å². The molecule has 0 bridgehead atoms. The summed E-state index contributed by atoms with van der Waals surface area (Å²) in [4.78, 5) is 29.8. The van der Waals surface area contributed by atoms with Gasteiger partial charge in [-0.2, -0.15) is 35.8 Å². The minimum absolute atomic E-state index is 0.151. The number of aromatic nitrogens is 4. The minimum Gasteiger partial charge on any atom is -0.744 e. The molecule has 1 fully saturated rings. The number of nitrogens with zero attached hydrogens (tertiary/aromatic N) is 6. The molecule has 5 aromatic rings. The van der Waals surface area contributed by atoms with Crippen molar-refractivity contribution in [1.82, 2.24) is 20.5 Å². The van der Waals surface area contributed by atoms with Crippen LogP contribution in [0.15, 0.2) is 119 Å². The first-order valence-electron chi connectivity index (χ1n) is 32.9. The van der Waals surface area contributed by atoms with E-state index < -0.39 is 49.0 Å². The Morgan fingerprint density at radius 1 is 0.784 bits per heavy atom. The lowest BCUT2D eigenvalue weighted by atomic mass is 9.77. The number of aliphatic carboxylic acids is 1. The van der Waals surface area contributed by atoms with E-state index in [0.29, 0.717) is 174 Å². The molecular formula is C68H87ClF4N8O19S2. The second-order valence-electron chi connectivity index (χ2n) is 23.8. The van der Waals surface area contributed by atoms with E-state index >= 15 is 0 Å². The van der Waals surface area contributed by atoms with Crippen LogP contribution in [0.5, 0.6) is 11.6 Å². The van der Waals surface area contributed by atoms with Gasteiger partial charge in [0, 0.05) is 65.2 Å². The molecule has 0 saturated carbocycles. The third kappa shape index (κ3) is 23.2. The average molecular weight is 1500 g/mol. The number of H-pyrrole nitrogens is 1. The number of nitrogens with one attached hydrogen (secondary N) is 2. The van der Waals surface area contributed by atoms with Crippen LogP contribution in [0.1, 0.15) is 70.8 Å². The van der Waals surface area contributed by atoms with Gasteiger partial charge in [0.1, 0.15) is 46.5 Å². The third-order valence-corrected chi connectivity index (χ3v) is 18.5. The number of pyridine rings is 1. The van der Waals surface area contributed by atoms with E-state index in [2.05, 4.69) is 25.4 Å². The average Bonchev–Trinajstić information content (AvgIpc) is 1.58. The lowest BCUT2D eigenvalue weighted by Crippen LogP contribution is -2.58. The monoisotopic (exact) mass is 1490 g/mol. The predicted molar refractivity (Wildman–Crippen MR) is 362 cm³/mol. The summed E-state index contributed by atoms with van der Waals surface area (Å²) in [6.45, 7) is 18.5. The highest BCUT2D eigenvalue weighted by Gasteiger charge is 2.46. The molecule has 5 heterocycles. The topological polar surface area (TPSA) is 328 Å². The number of halogens is 5. The molecule has 34 heteroatoms. The summed E-state index contributed by atoms with van der Waals surface area (Å²) in [6, 6.07) is 16.8. The smallest absolute Gasteiger partial charge is 0.430 e. The molecule has 1 amide bonds. The number of amides is 1. The van der Waals surface area contributed by atoms with Crippen LogP contribution in [0.2, 0.25) is 5.02 Å². The number of ether oxygens (including phenoxy) is 10. The number of benzene rings is 3. The van der Waals surface area contributed by atoms with E-state index in [1.54, 1.807) is 31.5 Å². The normalized spacial score (nSPS) is 16.4. The van der Waals surface area contributed by atoms with E-state index in [1.807, 2.05) is 85.1 Å². The molecule has 1 atom stereocenters. The maximum atomic E-state index is 13.5. The summed E-state index contributed by atoms with van der Waals surface area (Å²) in [5, 5.41) is 19.6. The maximum absolute atomic E-state index is 13.5. The van der Waals surface area contributed by atoms with E-state index in [-0.39, 0.29) is 39.9 Å². The molecule has 3 N–H and O–H groups in total. The minimum atomic E-state index is -5.19. The molecular weight excluding hydrogens is 1410 g/mol. The van der Waals surface area contributed by atoms with Gasteiger partial charge in [-0.05, 0) is 108 Å². The number of anilines is 2. The predicted octanol–water partition coefficient (Wildman–Crippen LogP) is 6.41. The number of allylic oxidation sites excluding steroid dienone is 6. The number of carbonyl (C=O) groups excluding carboxylic acids is 2. The van der Waals surface area contributed by atoms with Gasteiger partial charge in [-0.3, -0.25) is 14.2 Å². The number of carboxylic acids is 1. The summed E-state index contributed by atoms with van der Waals surface area (Å²) in [5.74, 6) is -1.35. The van der Waals surface area contributed by atoms with Gasteiger partial charge >= 0.3 is 12.1 Å². The Kier molecular flexibility index (Phi) is 31.1. The number of methoxy groups -OCH3 is 1. The molecule has 3 aliphatic rings. The second kappa shape index (κ2) is 38.8. The highest BCUT2D eigenvalue weighted by molar-refractivity contribution is 7.86. The molecule has 3 aromatic carbocycles. The quantitative estimate of drug-likeness (QED) is 0.0125. The summed E-state index contributed by atoms with van der Waals surface area (Å²) in [5.41, 5.74) is 4.49. The first kappa shape index (κ1) is 81.8. The first-order valence-corrected chi connectivity index (χ1v) is 36.1. The Hall–Kier alpha value is -7.51. The zero-order valence-electron chi connectivity index (χ0n) is 57.5. The summed E-state index contributed by atoms with van der Waals surface area (Å²) >= 11 is 6.17. The van der Waals surface area contributed by atoms with Crippen LogP contribution in [0.4, 0.5) is 34.9 Å². The number of likely N-dealkylation sites (N-methyl/N-ethyl adjacent to an activating group) is 1. The van der Waals surface area contributed by atoms with Crippen LogP contribution < -0.4 is 34.3 Å². The first-order chi connectivity index (χ1) is 48.6. The van der Waals surface area contributed by atoms with Gasteiger partial charge in [-0.1, -0.05) is 35.9 Å². The molecule has 0 radical (unpaired) electrons. The molecule has 0 aliphatic carbocycles. The van der Waals surface area contributed by atoms with Gasteiger partial charge in [0.15, 0.2) is 11.8 Å². The van der Waals surface area contributed by atoms with Crippen LogP contribution in [-0.4, -0.2) is 215 Å². The lowest BCUT2D eigenvalue weighted by Gasteiger charge is -2.35. The number of hydrogen-bond donors (Lipinski definition) is 3. The molecule has 1 unspecified atom stereocenters. The zero-order valence-corrected chi connectivity index (χ0v) is 59.9. The van der Waals surface area contributed by atoms with Crippen LogP contribution in [0.3, 0.4) is 0 Å². The van der Waals surface area contributed by atoms with Gasteiger partial charge < -0.3 is 72.0 Å². The molecule has 102 heavy (non-hydrogen) atoms. The number of fused-ring (bicyclic) bond motifs is 2. The molecule has 3 aliphatic heterocycles. The Balaban J connectivity index is 0.00000198. The number of hydrogen-bond acceptors (Lipinski definition) is 22. The van der Waals surface area contributed by atoms with E-state index in [9.17, 15) is 48.3 Å². The number of aromatic amines is 1. The maximum Gasteiger partial charge on any atom is 0.430 e. The van der Waals surface area contributed by atoms with Gasteiger partial charge in [-0.25, -0.2) is 17.8 Å². The lowest BCUT2D eigenvalue weighted by molar-refractivity contribution is -0.595. The molecule has 1 saturated heterocycles. The summed E-state index contributed by atoms with van der Waals surface area (Å²) < 4.78 is 176. The Morgan fingerprint density at radius 2 is 1.37 bits per heavy atom. The van der Waals surface area contributed by atoms with Crippen molar-refractivity contribution in [3.63, 3.8) is 0 Å². The highest BCUT2D eigenvalue weighted by atomic mass is 35.5. The van der Waals surface area contributed by atoms with Gasteiger partial charge in [0.2, 0.25) is 23.3 Å². The Morgan fingerprint density at radius 3 is 1.90 bits per heavy atom. The van der Waals surface area contributed by atoms with Gasteiger partial charge in [-0.15, -0.1) is 0 Å². The standard InChI is InChI=1S/C66H86ClFN8O17S2.C2HF3O2/c1-7-74-56-21-19-51(94(78,79)80)42-54(56)66(5,60(74)14-11-9-10-13-59-65(3,4)53-20-18-52(95(81,82)83)43-57(53)75(59)8-2)24-12-15-62(77)69-25-26-85-27-28-86-29-30-87-31-32-88-33-34-89-35-36-90-37-38-91-39-40-92-47-61-71-72-64(76(61)49-17-23-63(84-6)70-44-49)73-45-50(46-73)93-58-22-16-48(68)41-55(58)67;3-2(4,5)1(6)7/h9-11,13-14,16-23,41-44,50H,7-8,12,15,24-40,45-47H2,1-6H3,(H2-,69,77,78,79,80,81,82,83);(H,6,7). The Bertz CT molecular complexity index is 3950. The number of carboxylic acid groups (broad SMARTS) is 1. The van der Waals surface area contributed by atoms with Crippen molar-refractivity contribution in [3.8, 4) is 17.3 Å². The summed E-state index contributed by atoms with van der Waals surface area (Å²) in [6.07, 6.45) is 7.15. The van der Waals surface area contributed by atoms with E-state index in [0.717, 1.165) is 33.9 Å². The van der Waals surface area contributed by atoms with E-state index in [1.165, 1.54) is 42.5 Å². The molecule has 0 spiro atoms. The van der Waals surface area contributed by atoms with Crippen molar-refractivity contribution < 1.29 is 115 Å². The van der Waals surface area contributed by atoms with Crippen molar-refractivity contribution in [2.45, 2.75) is 93.4 Å². The van der Waals surface area contributed by atoms with Crippen LogP contribution in [0.25, 0.3) is 5.69 Å². The SMILES string of the molecule is CCN1\C(=C/C=C/C=C/C2=[N+](CC)c3cc(S(=O)(=O)[O-])ccc3C2(C)C)C(C)(CCCC(=O)NCCOCCOCCOCCOCCOCCOCCOCCOCc2[nH]nc(N3CC(Oc4ccc(F)cc4Cl)C3)[n+]2-c2ccc(OC)nc2)c2cc(S(=O)(=O)O)ccc21.O=C([O-])C(F)(F)F.